The minimum atomic E-state index is -4.56. The summed E-state index contributed by atoms with van der Waals surface area (Å²) in [7, 11) is -3.34. The number of nitrogen functional groups attached to an aromatic ring is 1. The molecule has 8 aromatic carbocycles. The number of nitrogens with one attached hydrogen (secondary N) is 5. The molecule has 12 aromatic rings. The number of aryl methyl sites for hydroxylation is 3. The number of carbonyl (C=O) groups is 6. The Kier molecular flexibility index (Phi) is 24.0. The van der Waals surface area contributed by atoms with Gasteiger partial charge in [-0.1, -0.05) is 127 Å². The van der Waals surface area contributed by atoms with Crippen LogP contribution in [0.2, 0.25) is 0 Å². The number of carboxylic acid groups (broad SMARTS) is 2. The highest BCUT2D eigenvalue weighted by Crippen LogP contribution is 2.37. The van der Waals surface area contributed by atoms with Gasteiger partial charge in [-0.25, -0.2) is 42.9 Å². The standard InChI is InChI=1S/C19H18N4O3S.2C19H15N3O3.C18H13F3N4O.10H2/c1-13-18(19(24)21-15-6-4-3-5-7-15)22-17(12-20-13)14-8-10-16(11-9-14)23-27(2,25)26;1-12-17(18(23)21-15-8-3-2-4-9-15)22-16(11-20-12)13-6-5-7-14(10-13)19(24)25;1-12-17(18(23)21-15-5-3-2-4-6-15)22-16(11-20-12)13-7-9-14(10-8-13)19(24)25;19-18(20,21)13-9-5-4-8-12(13)14-10-23-16(22)15(25-14)17(26)24-11-6-2-1-3-7-11;;;;;;;;;;/h3-12,23H,1-2H3,(H,21,24);2*2-11H,1H3,(H,21,23)(H,24,25);1-10H,(H2,22,23)(H,24,26);10*1H. The summed E-state index contributed by atoms with van der Waals surface area (Å²) >= 11 is 0. The fourth-order valence-corrected chi connectivity index (χ4v) is 9.99. The number of anilines is 6. The van der Waals surface area contributed by atoms with Crippen molar-refractivity contribution in [3.8, 4) is 45.0 Å². The molecule has 0 fully saturated rings. The number of alkyl halides is 3. The molecule has 4 heterocycles. The first kappa shape index (κ1) is 73.5. The predicted octanol–water partition coefficient (Wildman–Crippen LogP) is 16.3. The van der Waals surface area contributed by atoms with Crippen molar-refractivity contribution in [3.05, 3.63) is 300 Å². The van der Waals surface area contributed by atoms with Gasteiger partial charge in [-0.3, -0.25) is 38.9 Å². The number of sulfonamides is 1. The van der Waals surface area contributed by atoms with Gasteiger partial charge in [-0.15, -0.1) is 0 Å². The molecule has 538 valence electrons. The van der Waals surface area contributed by atoms with Crippen LogP contribution in [0.4, 0.5) is 47.4 Å². The number of amides is 4. The molecule has 4 aromatic heterocycles. The lowest BCUT2D eigenvalue weighted by atomic mass is 10.0. The maximum atomic E-state index is 13.2. The van der Waals surface area contributed by atoms with Crippen molar-refractivity contribution < 1.29 is 74.8 Å². The molecule has 0 spiro atoms. The summed E-state index contributed by atoms with van der Waals surface area (Å²) in [4.78, 5) is 106. The Balaban J connectivity index is 0. The lowest BCUT2D eigenvalue weighted by molar-refractivity contribution is -0.137. The highest BCUT2D eigenvalue weighted by molar-refractivity contribution is 7.92. The zero-order valence-corrected chi connectivity index (χ0v) is 55.8. The number of para-hydroxylation sites is 4. The summed E-state index contributed by atoms with van der Waals surface area (Å²) in [5.41, 5.74) is 13.2. The van der Waals surface area contributed by atoms with E-state index in [4.69, 9.17) is 15.9 Å². The van der Waals surface area contributed by atoms with Crippen LogP contribution in [-0.4, -0.2) is 100 Å². The van der Waals surface area contributed by atoms with Crippen LogP contribution in [0.5, 0.6) is 0 Å². The maximum absolute atomic E-state index is 13.2. The second-order valence-electron chi connectivity index (χ2n) is 22.1. The van der Waals surface area contributed by atoms with Crippen molar-refractivity contribution in [2.75, 3.05) is 38.0 Å². The number of aromatic nitrogens is 8. The average Bonchev–Trinajstić information content (AvgIpc) is 0.835. The Morgan fingerprint density at radius 3 is 1.14 bits per heavy atom. The summed E-state index contributed by atoms with van der Waals surface area (Å²) in [5.74, 6) is -3.91. The molecule has 0 saturated carbocycles. The highest BCUT2D eigenvalue weighted by Gasteiger charge is 2.34. The van der Waals surface area contributed by atoms with E-state index in [2.05, 4.69) is 65.9 Å². The van der Waals surface area contributed by atoms with Crippen molar-refractivity contribution in [2.45, 2.75) is 26.9 Å². The Morgan fingerprint density at radius 1 is 0.398 bits per heavy atom. The summed E-state index contributed by atoms with van der Waals surface area (Å²) in [6.07, 6.45) is 2.29. The zero-order valence-electron chi connectivity index (χ0n) is 55.0. The molecule has 0 saturated heterocycles. The number of rotatable bonds is 16. The summed E-state index contributed by atoms with van der Waals surface area (Å²) in [6, 6.07) is 60.0. The zero-order chi connectivity index (χ0) is 73.8. The molecular weight excluding hydrogens is 1350 g/mol. The van der Waals surface area contributed by atoms with Gasteiger partial charge in [0.05, 0.1) is 87.6 Å². The van der Waals surface area contributed by atoms with E-state index in [0.717, 1.165) is 24.1 Å². The lowest BCUT2D eigenvalue weighted by Gasteiger charge is -2.13. The number of nitrogens with zero attached hydrogens (tertiary/aromatic N) is 8. The first-order valence-electron chi connectivity index (χ1n) is 30.8. The van der Waals surface area contributed by atoms with Crippen LogP contribution in [0.25, 0.3) is 45.0 Å². The van der Waals surface area contributed by atoms with Crippen LogP contribution >= 0.6 is 0 Å². The predicted molar refractivity (Wildman–Crippen MR) is 405 cm³/mol. The first-order valence-corrected chi connectivity index (χ1v) is 32.7. The molecule has 0 aliphatic rings. The van der Waals surface area contributed by atoms with E-state index in [0.29, 0.717) is 73.7 Å². The van der Waals surface area contributed by atoms with Crippen LogP contribution in [0.3, 0.4) is 0 Å². The average molecular weight is 1430 g/mol. The Labute approximate surface area is 602 Å². The van der Waals surface area contributed by atoms with Crippen molar-refractivity contribution in [1.29, 1.82) is 0 Å². The van der Waals surface area contributed by atoms with Crippen LogP contribution in [0, 0.1) is 20.8 Å². The first-order chi connectivity index (χ1) is 49.3. The van der Waals surface area contributed by atoms with Gasteiger partial charge in [0.25, 0.3) is 23.6 Å². The third-order valence-electron chi connectivity index (χ3n) is 14.5. The van der Waals surface area contributed by atoms with Gasteiger partial charge in [0.15, 0.2) is 11.5 Å². The monoisotopic (exact) mass is 1430 g/mol. The highest BCUT2D eigenvalue weighted by atomic mass is 32.2. The maximum Gasteiger partial charge on any atom is 0.417 e. The van der Waals surface area contributed by atoms with E-state index in [1.807, 2.05) is 54.6 Å². The quantitative estimate of drug-likeness (QED) is 0.0445. The molecule has 12 rings (SSSR count). The number of carboxylic acids is 2. The molecule has 0 aliphatic heterocycles. The van der Waals surface area contributed by atoms with Crippen molar-refractivity contribution in [3.63, 3.8) is 0 Å². The molecular formula is C75H81F3N14O10S. The summed E-state index contributed by atoms with van der Waals surface area (Å²) in [5, 5.41) is 29.0. The molecule has 0 bridgehead atoms. The van der Waals surface area contributed by atoms with Crippen molar-refractivity contribution >= 4 is 79.8 Å². The van der Waals surface area contributed by atoms with Gasteiger partial charge >= 0.3 is 18.1 Å². The van der Waals surface area contributed by atoms with Crippen LogP contribution < -0.4 is 31.7 Å². The smallest absolute Gasteiger partial charge is 0.417 e. The molecule has 0 radical (unpaired) electrons. The number of hydrogen-bond acceptors (Lipinski definition) is 17. The normalized spacial score (nSPS) is 10.7. The third-order valence-corrected chi connectivity index (χ3v) is 15.1. The fraction of sp³-hybridized carbons (Fsp3) is 0.0667. The molecule has 103 heavy (non-hydrogen) atoms. The van der Waals surface area contributed by atoms with E-state index in [1.54, 1.807) is 148 Å². The largest absolute Gasteiger partial charge is 0.478 e. The number of aromatic carboxylic acids is 2. The molecule has 0 aliphatic carbocycles. The Hall–Kier alpha value is -13.8. The van der Waals surface area contributed by atoms with Gasteiger partial charge in [-0.05, 0) is 112 Å². The lowest BCUT2D eigenvalue weighted by Crippen LogP contribution is -2.17. The Bertz CT molecular complexity index is 5220. The molecule has 0 atom stereocenters. The number of carbonyl (C=O) groups excluding carboxylic acids is 4. The minimum absolute atomic E-state index is 0. The number of benzene rings is 8. The van der Waals surface area contributed by atoms with E-state index < -0.39 is 39.6 Å². The topological polar surface area (TPSA) is 366 Å². The van der Waals surface area contributed by atoms with Crippen molar-refractivity contribution in [2.24, 2.45) is 0 Å². The van der Waals surface area contributed by atoms with Gasteiger partial charge in [0.2, 0.25) is 10.0 Å². The van der Waals surface area contributed by atoms with Crippen molar-refractivity contribution in [1.82, 2.24) is 39.9 Å². The molecule has 28 heteroatoms. The minimum Gasteiger partial charge on any atom is -0.478 e. The van der Waals surface area contributed by atoms with E-state index in [1.165, 1.54) is 48.7 Å². The van der Waals surface area contributed by atoms with E-state index >= 15 is 0 Å². The molecule has 4 amide bonds. The number of halogens is 3. The van der Waals surface area contributed by atoms with Crippen LogP contribution in [0.1, 0.15) is 99.6 Å². The van der Waals surface area contributed by atoms with Gasteiger partial charge < -0.3 is 37.2 Å². The SMILES string of the molecule is Cc1ncc(-c2ccc(C(=O)O)cc2)nc1C(=O)Nc1ccccc1.Cc1ncc(-c2ccc(NS(C)(=O)=O)cc2)nc1C(=O)Nc1ccccc1.Cc1ncc(-c2cccc(C(=O)O)c2)nc1C(=O)Nc1ccccc1.Nc1ncc(-c2ccccc2C(F)(F)F)nc1C(=O)Nc1ccccc1.[HH].[HH].[HH].[HH].[HH].[HH].[HH].[HH].[HH].[HH]. The number of nitrogens with two attached hydrogens (primary N) is 1. The Morgan fingerprint density at radius 2 is 0.748 bits per heavy atom. The summed E-state index contributed by atoms with van der Waals surface area (Å²) < 4.78 is 64.6. The fourth-order valence-electron chi connectivity index (χ4n) is 9.42. The van der Waals surface area contributed by atoms with Gasteiger partial charge in [0.1, 0.15) is 17.1 Å². The second kappa shape index (κ2) is 33.7. The van der Waals surface area contributed by atoms with E-state index in [-0.39, 0.29) is 83.0 Å². The van der Waals surface area contributed by atoms with Crippen LogP contribution in [-0.2, 0) is 16.2 Å². The third kappa shape index (κ3) is 20.7. The second-order valence-corrected chi connectivity index (χ2v) is 23.8. The number of hydrogen-bond donors (Lipinski definition) is 8. The van der Waals surface area contributed by atoms with Gasteiger partial charge in [0, 0.05) is 65.0 Å². The molecule has 9 N–H and O–H groups in total. The van der Waals surface area contributed by atoms with Gasteiger partial charge in [-0.2, -0.15) is 13.2 Å². The van der Waals surface area contributed by atoms with E-state index in [9.17, 15) is 50.4 Å². The summed E-state index contributed by atoms with van der Waals surface area (Å²) in [6.45, 7) is 5.13. The van der Waals surface area contributed by atoms with Crippen LogP contribution in [0.15, 0.2) is 243 Å². The molecule has 24 nitrogen and oxygen atoms in total. The molecule has 0 unspecified atom stereocenters.